The first-order valence-electron chi connectivity index (χ1n) is 8.11. The fraction of sp³-hybridized carbons (Fsp3) is 0.389. The number of allylic oxidation sites excluding steroid dienone is 1. The smallest absolute Gasteiger partial charge is 0.246 e. The molecule has 3 rings (SSSR count). The first-order valence-corrected chi connectivity index (χ1v) is 8.11. The number of piperidine rings is 1. The summed E-state index contributed by atoms with van der Waals surface area (Å²) in [5, 5.41) is 4.08. The average molecular weight is 327 g/mol. The largest absolute Gasteiger partial charge is 0.497 e. The summed E-state index contributed by atoms with van der Waals surface area (Å²) >= 11 is 0. The maximum Gasteiger partial charge on any atom is 0.246 e. The van der Waals surface area contributed by atoms with Crippen LogP contribution < -0.4 is 4.74 Å². The van der Waals surface area contributed by atoms with E-state index in [1.807, 2.05) is 36.1 Å². The molecule has 1 saturated heterocycles. The molecule has 0 bridgehead atoms. The Balaban J connectivity index is 1.76. The monoisotopic (exact) mass is 327 g/mol. The Kier molecular flexibility index (Phi) is 4.93. The third-order valence-corrected chi connectivity index (χ3v) is 4.16. The molecular weight excluding hydrogens is 306 g/mol. The van der Waals surface area contributed by atoms with E-state index >= 15 is 0 Å². The van der Waals surface area contributed by atoms with Gasteiger partial charge in [-0.2, -0.15) is 4.98 Å². The van der Waals surface area contributed by atoms with Crippen LogP contribution in [0.4, 0.5) is 0 Å². The maximum atomic E-state index is 12.0. The van der Waals surface area contributed by atoms with Crippen molar-refractivity contribution < 1.29 is 14.1 Å². The van der Waals surface area contributed by atoms with Gasteiger partial charge in [0.25, 0.3) is 0 Å². The van der Waals surface area contributed by atoms with Gasteiger partial charge in [-0.25, -0.2) is 0 Å². The molecule has 2 heterocycles. The second-order valence-electron chi connectivity index (χ2n) is 5.81. The molecule has 1 fully saturated rings. The standard InChI is InChI=1S/C18H21N3O3/c1-3-6-16(22)21-10-5-8-14(12-21)18-19-17(20-24-18)13-7-4-9-15(11-13)23-2/h3-4,6-7,9,11,14H,5,8,10,12H2,1-2H3/b6-3+/t14-/m0/s1. The zero-order valence-corrected chi connectivity index (χ0v) is 13.9. The zero-order valence-electron chi connectivity index (χ0n) is 13.9. The predicted molar refractivity (Wildman–Crippen MR) is 89.7 cm³/mol. The van der Waals surface area contributed by atoms with Crippen molar-refractivity contribution in [2.45, 2.75) is 25.7 Å². The Hall–Kier alpha value is -2.63. The molecule has 1 aromatic heterocycles. The van der Waals surface area contributed by atoms with Crippen LogP contribution in [0.1, 0.15) is 31.6 Å². The minimum atomic E-state index is 0.0368. The van der Waals surface area contributed by atoms with Crippen molar-refractivity contribution in [3.63, 3.8) is 0 Å². The van der Waals surface area contributed by atoms with Crippen LogP contribution >= 0.6 is 0 Å². The van der Waals surface area contributed by atoms with Crippen molar-refractivity contribution >= 4 is 5.91 Å². The number of hydrogen-bond acceptors (Lipinski definition) is 5. The molecule has 0 aliphatic carbocycles. The van der Waals surface area contributed by atoms with Crippen molar-refractivity contribution in [1.29, 1.82) is 0 Å². The number of methoxy groups -OCH3 is 1. The van der Waals surface area contributed by atoms with Gasteiger partial charge in [-0.1, -0.05) is 23.4 Å². The minimum absolute atomic E-state index is 0.0368. The maximum absolute atomic E-state index is 12.0. The summed E-state index contributed by atoms with van der Waals surface area (Å²) in [5.41, 5.74) is 0.849. The van der Waals surface area contributed by atoms with Crippen LogP contribution in [0.2, 0.25) is 0 Å². The molecule has 0 radical (unpaired) electrons. The second-order valence-corrected chi connectivity index (χ2v) is 5.81. The number of nitrogens with zero attached hydrogens (tertiary/aromatic N) is 3. The minimum Gasteiger partial charge on any atom is -0.497 e. The number of aromatic nitrogens is 2. The number of rotatable bonds is 4. The van der Waals surface area contributed by atoms with Crippen LogP contribution in [-0.2, 0) is 4.79 Å². The van der Waals surface area contributed by atoms with Crippen LogP contribution in [0.5, 0.6) is 5.75 Å². The molecule has 2 aromatic rings. The number of carbonyl (C=O) groups is 1. The van der Waals surface area contributed by atoms with E-state index in [2.05, 4.69) is 10.1 Å². The number of benzene rings is 1. The second kappa shape index (κ2) is 7.29. The first kappa shape index (κ1) is 16.2. The van der Waals surface area contributed by atoms with Crippen molar-refractivity contribution in [3.8, 4) is 17.1 Å². The van der Waals surface area contributed by atoms with Gasteiger partial charge < -0.3 is 14.2 Å². The normalized spacial score (nSPS) is 18.1. The Morgan fingerprint density at radius 3 is 3.12 bits per heavy atom. The van der Waals surface area contributed by atoms with Gasteiger partial charge in [0.15, 0.2) is 0 Å². The lowest BCUT2D eigenvalue weighted by Crippen LogP contribution is -2.38. The molecule has 6 nitrogen and oxygen atoms in total. The van der Waals surface area contributed by atoms with Gasteiger partial charge in [-0.15, -0.1) is 0 Å². The van der Waals surface area contributed by atoms with Crippen molar-refractivity contribution in [2.24, 2.45) is 0 Å². The highest BCUT2D eigenvalue weighted by atomic mass is 16.5. The van der Waals surface area contributed by atoms with Crippen LogP contribution in [0.3, 0.4) is 0 Å². The topological polar surface area (TPSA) is 68.5 Å². The highest BCUT2D eigenvalue weighted by Crippen LogP contribution is 2.28. The van der Waals surface area contributed by atoms with Crippen molar-refractivity contribution in [1.82, 2.24) is 15.0 Å². The molecular formula is C18H21N3O3. The van der Waals surface area contributed by atoms with Crippen LogP contribution in [-0.4, -0.2) is 41.1 Å². The molecule has 126 valence electrons. The zero-order chi connectivity index (χ0) is 16.9. The first-order chi connectivity index (χ1) is 11.7. The predicted octanol–water partition coefficient (Wildman–Crippen LogP) is 3.03. The quantitative estimate of drug-likeness (QED) is 0.807. The third-order valence-electron chi connectivity index (χ3n) is 4.16. The summed E-state index contributed by atoms with van der Waals surface area (Å²) in [4.78, 5) is 18.4. The van der Waals surface area contributed by atoms with E-state index in [0.717, 1.165) is 30.7 Å². The molecule has 24 heavy (non-hydrogen) atoms. The fourth-order valence-electron chi connectivity index (χ4n) is 2.91. The van der Waals surface area contributed by atoms with E-state index in [1.54, 1.807) is 19.3 Å². The van der Waals surface area contributed by atoms with Crippen molar-refractivity contribution in [2.75, 3.05) is 20.2 Å². The van der Waals surface area contributed by atoms with E-state index in [4.69, 9.17) is 9.26 Å². The third kappa shape index (κ3) is 3.48. The van der Waals surface area contributed by atoms with Gasteiger partial charge in [-0.3, -0.25) is 4.79 Å². The molecule has 1 aliphatic rings. The summed E-state index contributed by atoms with van der Waals surface area (Å²) in [6, 6.07) is 7.55. The molecule has 0 saturated carbocycles. The molecule has 0 N–H and O–H groups in total. The van der Waals surface area contributed by atoms with Crippen molar-refractivity contribution in [3.05, 3.63) is 42.3 Å². The average Bonchev–Trinajstić information content (AvgIpc) is 3.12. The highest BCUT2D eigenvalue weighted by Gasteiger charge is 2.27. The van der Waals surface area contributed by atoms with E-state index in [1.165, 1.54) is 0 Å². The molecule has 1 aromatic carbocycles. The summed E-state index contributed by atoms with van der Waals surface area (Å²) in [7, 11) is 1.62. The molecule has 1 atom stereocenters. The Bertz CT molecular complexity index is 739. The van der Waals surface area contributed by atoms with E-state index in [-0.39, 0.29) is 11.8 Å². The number of ether oxygens (including phenoxy) is 1. The molecule has 0 unspecified atom stereocenters. The molecule has 0 spiro atoms. The lowest BCUT2D eigenvalue weighted by atomic mass is 9.98. The number of carbonyl (C=O) groups excluding carboxylic acids is 1. The van der Waals surface area contributed by atoms with Crippen LogP contribution in [0.15, 0.2) is 40.9 Å². The fourth-order valence-corrected chi connectivity index (χ4v) is 2.91. The lowest BCUT2D eigenvalue weighted by Gasteiger charge is -2.30. The number of amides is 1. The lowest BCUT2D eigenvalue weighted by molar-refractivity contribution is -0.127. The number of hydrogen-bond donors (Lipinski definition) is 0. The number of likely N-dealkylation sites (tertiary alicyclic amines) is 1. The van der Waals surface area contributed by atoms with Gasteiger partial charge in [0.05, 0.1) is 13.0 Å². The Labute approximate surface area is 141 Å². The van der Waals surface area contributed by atoms with E-state index in [9.17, 15) is 4.79 Å². The molecule has 1 aliphatic heterocycles. The van der Waals surface area contributed by atoms with Crippen LogP contribution in [0, 0.1) is 0 Å². The summed E-state index contributed by atoms with van der Waals surface area (Å²) in [6.07, 6.45) is 5.24. The van der Waals surface area contributed by atoms with Crippen LogP contribution in [0.25, 0.3) is 11.4 Å². The molecule has 6 heteroatoms. The SMILES string of the molecule is C/C=C/C(=O)N1CCC[C@H](c2nc(-c3cccc(OC)c3)no2)C1. The summed E-state index contributed by atoms with van der Waals surface area (Å²) < 4.78 is 10.7. The summed E-state index contributed by atoms with van der Waals surface area (Å²) in [6.45, 7) is 3.23. The Morgan fingerprint density at radius 2 is 2.33 bits per heavy atom. The van der Waals surface area contributed by atoms with Gasteiger partial charge in [-0.05, 0) is 38.0 Å². The van der Waals surface area contributed by atoms with E-state index < -0.39 is 0 Å². The molecule has 1 amide bonds. The van der Waals surface area contributed by atoms with Gasteiger partial charge in [0, 0.05) is 18.7 Å². The Morgan fingerprint density at radius 1 is 1.46 bits per heavy atom. The van der Waals surface area contributed by atoms with Gasteiger partial charge in [0.1, 0.15) is 5.75 Å². The van der Waals surface area contributed by atoms with Gasteiger partial charge in [0.2, 0.25) is 17.6 Å². The highest BCUT2D eigenvalue weighted by molar-refractivity contribution is 5.87. The summed E-state index contributed by atoms with van der Waals surface area (Å²) in [5.74, 6) is 2.00. The van der Waals surface area contributed by atoms with Gasteiger partial charge >= 0.3 is 0 Å². The van der Waals surface area contributed by atoms with E-state index in [0.29, 0.717) is 18.3 Å².